The average molecular weight is 348 g/mol. The summed E-state index contributed by atoms with van der Waals surface area (Å²) in [6.45, 7) is 12.8. The van der Waals surface area contributed by atoms with E-state index in [9.17, 15) is 4.79 Å². The third-order valence-electron chi connectivity index (χ3n) is 5.92. The normalized spacial score (nSPS) is 23.6. The van der Waals surface area contributed by atoms with Crippen LogP contribution in [0.5, 0.6) is 0 Å². The molecule has 1 N–H and O–H groups in total. The molecule has 0 bridgehead atoms. The Morgan fingerprint density at radius 1 is 1.32 bits per heavy atom. The summed E-state index contributed by atoms with van der Waals surface area (Å²) in [5, 5.41) is 7.49. The summed E-state index contributed by atoms with van der Waals surface area (Å²) >= 11 is 0. The number of amides is 1. The predicted molar refractivity (Wildman–Crippen MR) is 97.2 cm³/mol. The van der Waals surface area contributed by atoms with Crippen molar-refractivity contribution in [2.24, 2.45) is 11.8 Å². The van der Waals surface area contributed by atoms with Gasteiger partial charge in [-0.15, -0.1) is 0 Å². The van der Waals surface area contributed by atoms with Crippen LogP contribution in [-0.4, -0.2) is 60.1 Å². The second kappa shape index (κ2) is 8.32. The lowest BCUT2D eigenvalue weighted by Crippen LogP contribution is -2.49. The van der Waals surface area contributed by atoms with E-state index < -0.39 is 0 Å². The van der Waals surface area contributed by atoms with Crippen LogP contribution in [0.25, 0.3) is 0 Å². The summed E-state index contributed by atoms with van der Waals surface area (Å²) in [4.78, 5) is 17.1. The van der Waals surface area contributed by atoms with Crippen LogP contribution >= 0.6 is 0 Å². The highest BCUT2D eigenvalue weighted by molar-refractivity contribution is 5.76. The topological polar surface area (TPSA) is 61.6 Å². The highest BCUT2D eigenvalue weighted by atomic mass is 16.5. The molecule has 2 saturated heterocycles. The lowest BCUT2D eigenvalue weighted by Gasteiger charge is -2.36. The molecule has 3 rings (SSSR count). The van der Waals surface area contributed by atoms with Crippen molar-refractivity contribution in [3.8, 4) is 0 Å². The van der Waals surface area contributed by atoms with E-state index in [1.54, 1.807) is 0 Å². The largest absolute Gasteiger partial charge is 0.361 e. The van der Waals surface area contributed by atoms with Gasteiger partial charge in [-0.1, -0.05) is 12.1 Å². The average Bonchev–Trinajstić information content (AvgIpc) is 2.95. The molecule has 2 atom stereocenters. The first kappa shape index (κ1) is 18.4. The summed E-state index contributed by atoms with van der Waals surface area (Å²) in [5.74, 6) is 2.36. The summed E-state index contributed by atoms with van der Waals surface area (Å²) < 4.78 is 5.25. The van der Waals surface area contributed by atoms with Crippen molar-refractivity contribution >= 4 is 5.91 Å². The second-order valence-corrected chi connectivity index (χ2v) is 7.75. The molecule has 0 aromatic carbocycles. The number of nitrogens with zero attached hydrogens (tertiary/aromatic N) is 3. The number of aryl methyl sites for hydroxylation is 2. The third kappa shape index (κ3) is 4.61. The number of piperidine rings is 1. The van der Waals surface area contributed by atoms with Crippen LogP contribution in [0.2, 0.25) is 0 Å². The van der Waals surface area contributed by atoms with Gasteiger partial charge in [-0.2, -0.15) is 0 Å². The van der Waals surface area contributed by atoms with Crippen LogP contribution in [-0.2, 0) is 11.3 Å². The Balaban J connectivity index is 1.44. The van der Waals surface area contributed by atoms with Crippen LogP contribution in [0.1, 0.15) is 43.2 Å². The van der Waals surface area contributed by atoms with Crippen molar-refractivity contribution in [1.82, 2.24) is 20.3 Å². The molecule has 25 heavy (non-hydrogen) atoms. The van der Waals surface area contributed by atoms with Crippen molar-refractivity contribution in [2.75, 3.05) is 39.3 Å². The zero-order valence-corrected chi connectivity index (χ0v) is 15.9. The fourth-order valence-electron chi connectivity index (χ4n) is 4.04. The van der Waals surface area contributed by atoms with Crippen LogP contribution in [0.3, 0.4) is 0 Å². The summed E-state index contributed by atoms with van der Waals surface area (Å²) in [6.07, 6.45) is 3.19. The molecule has 0 spiro atoms. The molecule has 2 fully saturated rings. The second-order valence-electron chi connectivity index (χ2n) is 7.75. The molecule has 2 unspecified atom stereocenters. The smallest absolute Gasteiger partial charge is 0.222 e. The molecule has 140 valence electrons. The van der Waals surface area contributed by atoms with Gasteiger partial charge in [0.15, 0.2) is 0 Å². The fraction of sp³-hybridized carbons (Fsp3) is 0.789. The molecule has 0 aliphatic carbocycles. The molecular weight excluding hydrogens is 316 g/mol. The Morgan fingerprint density at radius 3 is 2.68 bits per heavy atom. The highest BCUT2D eigenvalue weighted by Crippen LogP contribution is 2.24. The van der Waals surface area contributed by atoms with Gasteiger partial charge in [-0.25, -0.2) is 0 Å². The number of nitrogens with one attached hydrogen (secondary N) is 1. The minimum absolute atomic E-state index is 0.329. The lowest BCUT2D eigenvalue weighted by atomic mass is 9.85. The molecule has 6 nitrogen and oxygen atoms in total. The zero-order chi connectivity index (χ0) is 17.8. The van der Waals surface area contributed by atoms with Gasteiger partial charge in [0.25, 0.3) is 0 Å². The molecule has 1 aromatic rings. The summed E-state index contributed by atoms with van der Waals surface area (Å²) in [5.41, 5.74) is 2.17. The Hall–Kier alpha value is -1.40. The molecule has 6 heteroatoms. The van der Waals surface area contributed by atoms with Crippen molar-refractivity contribution in [1.29, 1.82) is 0 Å². The molecule has 0 saturated carbocycles. The van der Waals surface area contributed by atoms with Gasteiger partial charge in [0, 0.05) is 44.7 Å². The van der Waals surface area contributed by atoms with Crippen LogP contribution in [0, 0.1) is 25.7 Å². The van der Waals surface area contributed by atoms with E-state index in [1.165, 1.54) is 18.4 Å². The number of aromatic nitrogens is 1. The van der Waals surface area contributed by atoms with E-state index in [-0.39, 0.29) is 0 Å². The first-order valence-electron chi connectivity index (χ1n) is 9.67. The molecule has 3 heterocycles. The molecule has 2 aliphatic rings. The Kier molecular flexibility index (Phi) is 6.12. The monoisotopic (exact) mass is 348 g/mol. The van der Waals surface area contributed by atoms with Gasteiger partial charge in [0.2, 0.25) is 5.91 Å². The van der Waals surface area contributed by atoms with E-state index in [0.717, 1.165) is 57.3 Å². The number of carbonyl (C=O) groups is 1. The molecule has 2 aliphatic heterocycles. The first-order valence-corrected chi connectivity index (χ1v) is 9.67. The van der Waals surface area contributed by atoms with Crippen LogP contribution in [0.15, 0.2) is 4.52 Å². The minimum Gasteiger partial charge on any atom is -0.361 e. The third-order valence-corrected chi connectivity index (χ3v) is 5.92. The SMILES string of the molecule is Cc1noc(C)c1CN1CCN(C(=O)CC(C)C2CCCNC2)CC1. The van der Waals surface area contributed by atoms with Crippen molar-refractivity contribution in [2.45, 2.75) is 46.6 Å². The van der Waals surface area contributed by atoms with E-state index in [4.69, 9.17) is 4.52 Å². The fourth-order valence-corrected chi connectivity index (χ4v) is 4.04. The number of carbonyl (C=O) groups excluding carboxylic acids is 1. The zero-order valence-electron chi connectivity index (χ0n) is 15.9. The van der Waals surface area contributed by atoms with Gasteiger partial charge in [0.1, 0.15) is 5.76 Å². The first-order chi connectivity index (χ1) is 12.0. The maximum Gasteiger partial charge on any atom is 0.222 e. The van der Waals surface area contributed by atoms with E-state index in [1.807, 2.05) is 13.8 Å². The van der Waals surface area contributed by atoms with Gasteiger partial charge < -0.3 is 14.7 Å². The quantitative estimate of drug-likeness (QED) is 0.881. The van der Waals surface area contributed by atoms with Gasteiger partial charge >= 0.3 is 0 Å². The molecule has 1 aromatic heterocycles. The van der Waals surface area contributed by atoms with Crippen LogP contribution < -0.4 is 5.32 Å². The molecule has 1 amide bonds. The minimum atomic E-state index is 0.329. The van der Waals surface area contributed by atoms with Gasteiger partial charge in [-0.3, -0.25) is 9.69 Å². The number of rotatable bonds is 5. The molecular formula is C19H32N4O2. The van der Waals surface area contributed by atoms with Crippen molar-refractivity contribution in [3.63, 3.8) is 0 Å². The van der Waals surface area contributed by atoms with Crippen molar-refractivity contribution in [3.05, 3.63) is 17.0 Å². The number of piperazine rings is 1. The Morgan fingerprint density at radius 2 is 2.08 bits per heavy atom. The van der Waals surface area contributed by atoms with E-state index in [0.29, 0.717) is 24.2 Å². The molecule has 0 radical (unpaired) electrons. The maximum atomic E-state index is 12.6. The highest BCUT2D eigenvalue weighted by Gasteiger charge is 2.27. The van der Waals surface area contributed by atoms with Gasteiger partial charge in [0.05, 0.1) is 5.69 Å². The van der Waals surface area contributed by atoms with Crippen molar-refractivity contribution < 1.29 is 9.32 Å². The summed E-state index contributed by atoms with van der Waals surface area (Å²) in [7, 11) is 0. The lowest BCUT2D eigenvalue weighted by molar-refractivity contribution is -0.134. The maximum absolute atomic E-state index is 12.6. The van der Waals surface area contributed by atoms with E-state index >= 15 is 0 Å². The number of hydrogen-bond acceptors (Lipinski definition) is 5. The Labute approximate surface area is 150 Å². The predicted octanol–water partition coefficient (Wildman–Crippen LogP) is 1.96. The number of hydrogen-bond donors (Lipinski definition) is 1. The van der Waals surface area contributed by atoms with E-state index in [2.05, 4.69) is 27.2 Å². The standard InChI is InChI=1S/C19H32N4O2/c1-14(17-5-4-6-20-12-17)11-19(24)23-9-7-22(8-10-23)13-18-15(2)21-25-16(18)3/h14,17,20H,4-13H2,1-3H3. The van der Waals surface area contributed by atoms with Gasteiger partial charge in [-0.05, 0) is 51.6 Å². The summed E-state index contributed by atoms with van der Waals surface area (Å²) in [6, 6.07) is 0. The van der Waals surface area contributed by atoms with Crippen LogP contribution in [0.4, 0.5) is 0 Å². The Bertz CT molecular complexity index is 552.